The number of pyridine rings is 1. The van der Waals surface area contributed by atoms with Crippen LogP contribution >= 0.6 is 0 Å². The van der Waals surface area contributed by atoms with Crippen molar-refractivity contribution >= 4 is 16.9 Å². The molecule has 0 fully saturated rings. The molecule has 7 nitrogen and oxygen atoms in total. The Kier molecular flexibility index (Phi) is 4.52. The molecule has 0 atom stereocenters. The number of hydrogen-bond acceptors (Lipinski definition) is 5. The lowest BCUT2D eigenvalue weighted by molar-refractivity contribution is -0.384. The summed E-state index contributed by atoms with van der Waals surface area (Å²) >= 11 is 0. The van der Waals surface area contributed by atoms with Gasteiger partial charge in [0.25, 0.3) is 5.69 Å². The van der Waals surface area contributed by atoms with Gasteiger partial charge in [-0.3, -0.25) is 10.1 Å². The summed E-state index contributed by atoms with van der Waals surface area (Å²) in [4.78, 5) is 22.9. The number of hydrogen-bond donors (Lipinski definition) is 2. The van der Waals surface area contributed by atoms with Crippen molar-refractivity contribution in [2.45, 2.75) is 32.8 Å². The maximum absolute atomic E-state index is 11.3. The van der Waals surface area contributed by atoms with Crippen LogP contribution in [0.1, 0.15) is 31.3 Å². The Balaban J connectivity index is 2.15. The maximum atomic E-state index is 11.3. The summed E-state index contributed by atoms with van der Waals surface area (Å²) in [6, 6.07) is 8.23. The van der Waals surface area contributed by atoms with E-state index in [2.05, 4.69) is 21.9 Å². The fourth-order valence-electron chi connectivity index (χ4n) is 2.71. The first-order valence-electron chi connectivity index (χ1n) is 7.87. The second-order valence-electron chi connectivity index (χ2n) is 5.57. The molecule has 0 saturated heterocycles. The summed E-state index contributed by atoms with van der Waals surface area (Å²) in [7, 11) is 0. The number of H-pyrrole nitrogens is 1. The summed E-state index contributed by atoms with van der Waals surface area (Å²) in [5, 5.41) is 20.9. The molecule has 0 amide bonds. The maximum Gasteiger partial charge on any atom is 0.277 e. The van der Waals surface area contributed by atoms with Gasteiger partial charge in [-0.15, -0.1) is 0 Å². The number of aromatic nitrogens is 3. The van der Waals surface area contributed by atoms with Crippen LogP contribution in [0.15, 0.2) is 30.3 Å². The van der Waals surface area contributed by atoms with Crippen molar-refractivity contribution in [3.05, 3.63) is 52.0 Å². The van der Waals surface area contributed by atoms with Crippen LogP contribution < -0.4 is 0 Å². The van der Waals surface area contributed by atoms with Crippen molar-refractivity contribution in [1.29, 1.82) is 0 Å². The number of fused-ring (bicyclic) bond motifs is 1. The molecule has 0 bridgehead atoms. The number of para-hydroxylation sites is 1. The minimum absolute atomic E-state index is 0.0147. The first kappa shape index (κ1) is 16.1. The molecular weight excluding hydrogens is 308 g/mol. The number of nitrogens with one attached hydrogen (secondary N) is 1. The number of nitrogens with zero attached hydrogens (tertiary/aromatic N) is 3. The summed E-state index contributed by atoms with van der Waals surface area (Å²) in [5.41, 5.74) is 2.58. The molecule has 0 radical (unpaired) electrons. The van der Waals surface area contributed by atoms with Gasteiger partial charge in [-0.05, 0) is 18.6 Å². The van der Waals surface area contributed by atoms with Crippen LogP contribution in [0, 0.1) is 10.1 Å². The molecule has 0 aliphatic heterocycles. The van der Waals surface area contributed by atoms with E-state index in [0.717, 1.165) is 25.1 Å². The van der Waals surface area contributed by atoms with Crippen molar-refractivity contribution in [1.82, 2.24) is 15.0 Å². The highest BCUT2D eigenvalue weighted by atomic mass is 16.6. The largest absolute Gasteiger partial charge is 0.390 e. The Labute approximate surface area is 138 Å². The van der Waals surface area contributed by atoms with Crippen LogP contribution in [0.25, 0.3) is 22.3 Å². The highest BCUT2D eigenvalue weighted by molar-refractivity contribution is 5.83. The standard InChI is InChI=1S/C17H18N4O3/c1-2-3-8-16-18-13-9-12(14(10-22)19-17(13)20-16)11-6-4-5-7-15(11)21(23)24/h4-7,9,22H,2-3,8,10H2,1H3,(H,18,19,20). The number of aromatic amines is 1. The zero-order valence-corrected chi connectivity index (χ0v) is 13.3. The zero-order chi connectivity index (χ0) is 17.1. The monoisotopic (exact) mass is 326 g/mol. The predicted molar refractivity (Wildman–Crippen MR) is 90.5 cm³/mol. The minimum Gasteiger partial charge on any atom is -0.390 e. The number of unbranched alkanes of at least 4 members (excludes halogenated alkanes) is 1. The van der Waals surface area contributed by atoms with E-state index in [-0.39, 0.29) is 12.3 Å². The molecule has 0 aliphatic rings. The summed E-state index contributed by atoms with van der Waals surface area (Å²) in [5.74, 6) is 0.836. The van der Waals surface area contributed by atoms with Crippen molar-refractivity contribution in [3.63, 3.8) is 0 Å². The summed E-state index contributed by atoms with van der Waals surface area (Å²) in [6.07, 6.45) is 2.90. The lowest BCUT2D eigenvalue weighted by Gasteiger charge is -2.07. The normalized spacial score (nSPS) is 11.1. The van der Waals surface area contributed by atoms with E-state index >= 15 is 0 Å². The third kappa shape index (κ3) is 2.98. The predicted octanol–water partition coefficient (Wildman–Crippen LogP) is 3.37. The number of benzene rings is 1. The van der Waals surface area contributed by atoms with E-state index in [1.54, 1.807) is 24.3 Å². The van der Waals surface area contributed by atoms with Gasteiger partial charge in [-0.25, -0.2) is 9.97 Å². The Morgan fingerprint density at radius 3 is 2.75 bits per heavy atom. The van der Waals surface area contributed by atoms with Crippen LogP contribution in [0.2, 0.25) is 0 Å². The van der Waals surface area contributed by atoms with Gasteiger partial charge < -0.3 is 10.1 Å². The van der Waals surface area contributed by atoms with Crippen molar-refractivity contribution in [2.24, 2.45) is 0 Å². The van der Waals surface area contributed by atoms with E-state index in [1.165, 1.54) is 6.07 Å². The molecule has 24 heavy (non-hydrogen) atoms. The average Bonchev–Trinajstić information content (AvgIpc) is 3.00. The Bertz CT molecular complexity index is 889. The van der Waals surface area contributed by atoms with E-state index in [0.29, 0.717) is 28.0 Å². The fraction of sp³-hybridized carbons (Fsp3) is 0.294. The molecule has 3 aromatic rings. The van der Waals surface area contributed by atoms with Gasteiger partial charge in [0.1, 0.15) is 5.82 Å². The third-order valence-electron chi connectivity index (χ3n) is 3.91. The van der Waals surface area contributed by atoms with Gasteiger partial charge in [0.2, 0.25) is 0 Å². The first-order valence-corrected chi connectivity index (χ1v) is 7.87. The minimum atomic E-state index is -0.430. The van der Waals surface area contributed by atoms with Gasteiger partial charge in [0.15, 0.2) is 5.65 Å². The Morgan fingerprint density at radius 2 is 2.04 bits per heavy atom. The van der Waals surface area contributed by atoms with E-state index in [1.807, 2.05) is 0 Å². The molecule has 3 rings (SSSR count). The van der Waals surface area contributed by atoms with Gasteiger partial charge in [0.05, 0.1) is 28.3 Å². The smallest absolute Gasteiger partial charge is 0.277 e. The van der Waals surface area contributed by atoms with E-state index in [9.17, 15) is 15.2 Å². The highest BCUT2D eigenvalue weighted by Crippen LogP contribution is 2.33. The van der Waals surface area contributed by atoms with Crippen molar-refractivity contribution < 1.29 is 10.0 Å². The molecule has 0 unspecified atom stereocenters. The molecule has 1 aromatic carbocycles. The highest BCUT2D eigenvalue weighted by Gasteiger charge is 2.19. The van der Waals surface area contributed by atoms with Crippen LogP contribution in [0.3, 0.4) is 0 Å². The molecule has 0 aliphatic carbocycles. The van der Waals surface area contributed by atoms with Crippen LogP contribution in [-0.2, 0) is 13.0 Å². The molecule has 7 heteroatoms. The quantitative estimate of drug-likeness (QED) is 0.534. The fourth-order valence-corrected chi connectivity index (χ4v) is 2.71. The van der Waals surface area contributed by atoms with Crippen molar-refractivity contribution in [2.75, 3.05) is 0 Å². The summed E-state index contributed by atoms with van der Waals surface area (Å²) < 4.78 is 0. The first-order chi connectivity index (χ1) is 11.6. The van der Waals surface area contributed by atoms with E-state index in [4.69, 9.17) is 0 Å². The number of aliphatic hydroxyl groups is 1. The number of aliphatic hydroxyl groups excluding tert-OH is 1. The average molecular weight is 326 g/mol. The Morgan fingerprint density at radius 1 is 1.25 bits per heavy atom. The molecule has 0 spiro atoms. The molecular formula is C17H18N4O3. The lowest BCUT2D eigenvalue weighted by Crippen LogP contribution is -1.98. The number of rotatable bonds is 6. The summed E-state index contributed by atoms with van der Waals surface area (Å²) in [6.45, 7) is 1.80. The lowest BCUT2D eigenvalue weighted by atomic mass is 10.0. The van der Waals surface area contributed by atoms with Gasteiger partial charge in [-0.1, -0.05) is 25.5 Å². The number of nitro groups is 1. The van der Waals surface area contributed by atoms with Gasteiger partial charge in [-0.2, -0.15) is 0 Å². The number of imidazole rings is 1. The molecule has 0 saturated carbocycles. The van der Waals surface area contributed by atoms with Crippen molar-refractivity contribution in [3.8, 4) is 11.1 Å². The second-order valence-corrected chi connectivity index (χ2v) is 5.57. The molecule has 2 heterocycles. The SMILES string of the molecule is CCCCc1nc2nc(CO)c(-c3ccccc3[N+](=O)[O-])cc2[nH]1. The van der Waals surface area contributed by atoms with E-state index < -0.39 is 4.92 Å². The Hall–Kier alpha value is -2.80. The number of nitro benzene ring substituents is 1. The van der Waals surface area contributed by atoms with Crippen LogP contribution in [0.4, 0.5) is 5.69 Å². The van der Waals surface area contributed by atoms with Crippen LogP contribution in [0.5, 0.6) is 0 Å². The van der Waals surface area contributed by atoms with Crippen LogP contribution in [-0.4, -0.2) is 25.0 Å². The van der Waals surface area contributed by atoms with Gasteiger partial charge in [0, 0.05) is 18.1 Å². The molecule has 2 N–H and O–H groups in total. The van der Waals surface area contributed by atoms with Gasteiger partial charge >= 0.3 is 0 Å². The number of aryl methyl sites for hydroxylation is 1. The molecule has 124 valence electrons. The third-order valence-corrected chi connectivity index (χ3v) is 3.91. The zero-order valence-electron chi connectivity index (χ0n) is 13.3. The second kappa shape index (κ2) is 6.76. The molecule has 2 aromatic heterocycles. The topological polar surface area (TPSA) is 105 Å².